The Morgan fingerprint density at radius 3 is 2.52 bits per heavy atom. The van der Waals surface area contributed by atoms with E-state index >= 15 is 0 Å². The van der Waals surface area contributed by atoms with Crippen LogP contribution in [0, 0.1) is 0 Å². The third kappa shape index (κ3) is 2.97. The van der Waals surface area contributed by atoms with Crippen molar-refractivity contribution in [1.29, 1.82) is 0 Å². The number of hydrogen-bond donors (Lipinski definition) is 0. The van der Waals surface area contributed by atoms with Crippen LogP contribution in [-0.4, -0.2) is 42.9 Å². The number of fused-ring (bicyclic) bond motifs is 1. The van der Waals surface area contributed by atoms with Gasteiger partial charge < -0.3 is 14.2 Å². The SMILES string of the molecule is CCOC(=O)C1Oc2ccccc2OC1N1CCCCC1. The number of carbonyl (C=O) groups excluding carboxylic acids is 1. The van der Waals surface area contributed by atoms with Crippen LogP contribution in [0.25, 0.3) is 0 Å². The fourth-order valence-electron chi connectivity index (χ4n) is 2.86. The molecule has 0 N–H and O–H groups in total. The van der Waals surface area contributed by atoms with Crippen molar-refractivity contribution in [3.8, 4) is 11.5 Å². The van der Waals surface area contributed by atoms with E-state index in [-0.39, 0.29) is 5.97 Å². The molecule has 2 atom stereocenters. The predicted octanol–water partition coefficient (Wildman–Crippen LogP) is 2.20. The largest absolute Gasteiger partial charge is 0.469 e. The number of piperidine rings is 1. The summed E-state index contributed by atoms with van der Waals surface area (Å²) >= 11 is 0. The van der Waals surface area contributed by atoms with E-state index in [0.29, 0.717) is 18.1 Å². The third-order valence-corrected chi connectivity index (χ3v) is 3.88. The Balaban J connectivity index is 1.84. The molecule has 2 unspecified atom stereocenters. The van der Waals surface area contributed by atoms with Crippen LogP contribution < -0.4 is 9.47 Å². The van der Waals surface area contributed by atoms with Gasteiger partial charge >= 0.3 is 5.97 Å². The number of ether oxygens (including phenoxy) is 3. The van der Waals surface area contributed by atoms with Crippen LogP contribution in [0.3, 0.4) is 0 Å². The van der Waals surface area contributed by atoms with Crippen LogP contribution in [-0.2, 0) is 9.53 Å². The van der Waals surface area contributed by atoms with Gasteiger partial charge in [0.2, 0.25) is 12.3 Å². The Labute approximate surface area is 124 Å². The number of nitrogens with zero attached hydrogens (tertiary/aromatic N) is 1. The molecular weight excluding hydrogens is 270 g/mol. The minimum Gasteiger partial charge on any atom is -0.469 e. The quantitative estimate of drug-likeness (QED) is 0.799. The fraction of sp³-hybridized carbons (Fsp3) is 0.562. The highest BCUT2D eigenvalue weighted by Gasteiger charge is 2.42. The summed E-state index contributed by atoms with van der Waals surface area (Å²) in [6.45, 7) is 3.98. The van der Waals surface area contributed by atoms with Gasteiger partial charge in [0.25, 0.3) is 0 Å². The van der Waals surface area contributed by atoms with Gasteiger partial charge in [-0.2, -0.15) is 0 Å². The van der Waals surface area contributed by atoms with Crippen molar-refractivity contribution in [2.75, 3.05) is 19.7 Å². The number of para-hydroxylation sites is 2. The number of benzene rings is 1. The number of likely N-dealkylation sites (tertiary alicyclic amines) is 1. The molecule has 0 spiro atoms. The van der Waals surface area contributed by atoms with Crippen molar-refractivity contribution in [2.45, 2.75) is 38.5 Å². The summed E-state index contributed by atoms with van der Waals surface area (Å²) in [6.07, 6.45) is 2.34. The average Bonchev–Trinajstić information content (AvgIpc) is 2.54. The summed E-state index contributed by atoms with van der Waals surface area (Å²) in [6, 6.07) is 7.45. The van der Waals surface area contributed by atoms with Crippen molar-refractivity contribution >= 4 is 5.97 Å². The molecule has 2 heterocycles. The van der Waals surface area contributed by atoms with Gasteiger partial charge in [-0.05, 0) is 31.9 Å². The Morgan fingerprint density at radius 2 is 1.86 bits per heavy atom. The zero-order valence-electron chi connectivity index (χ0n) is 12.3. The zero-order valence-corrected chi connectivity index (χ0v) is 12.3. The highest BCUT2D eigenvalue weighted by atomic mass is 16.6. The molecule has 2 aliphatic heterocycles. The van der Waals surface area contributed by atoms with E-state index in [1.165, 1.54) is 6.42 Å². The van der Waals surface area contributed by atoms with Crippen LogP contribution in [0.1, 0.15) is 26.2 Å². The Kier molecular flexibility index (Phi) is 4.29. The number of carbonyl (C=O) groups is 1. The van der Waals surface area contributed by atoms with Gasteiger partial charge in [-0.15, -0.1) is 0 Å². The van der Waals surface area contributed by atoms with E-state index in [1.807, 2.05) is 24.3 Å². The zero-order chi connectivity index (χ0) is 14.7. The molecule has 1 aromatic carbocycles. The Hall–Kier alpha value is -1.75. The normalized spacial score (nSPS) is 25.4. The summed E-state index contributed by atoms with van der Waals surface area (Å²) < 4.78 is 17.1. The van der Waals surface area contributed by atoms with Crippen LogP contribution in [0.4, 0.5) is 0 Å². The predicted molar refractivity (Wildman–Crippen MR) is 77.3 cm³/mol. The molecule has 3 rings (SSSR count). The Bertz CT molecular complexity index is 499. The molecule has 0 aromatic heterocycles. The highest BCUT2D eigenvalue weighted by Crippen LogP contribution is 2.35. The number of hydrogen-bond acceptors (Lipinski definition) is 5. The van der Waals surface area contributed by atoms with E-state index in [0.717, 1.165) is 25.9 Å². The summed E-state index contributed by atoms with van der Waals surface area (Å²) in [5.41, 5.74) is 0. The van der Waals surface area contributed by atoms with Crippen molar-refractivity contribution in [3.63, 3.8) is 0 Å². The lowest BCUT2D eigenvalue weighted by Crippen LogP contribution is -2.56. The lowest BCUT2D eigenvalue weighted by molar-refractivity contribution is -0.167. The molecule has 21 heavy (non-hydrogen) atoms. The van der Waals surface area contributed by atoms with E-state index < -0.39 is 12.3 Å². The van der Waals surface area contributed by atoms with Gasteiger partial charge in [0.05, 0.1) is 6.61 Å². The van der Waals surface area contributed by atoms with Gasteiger partial charge in [-0.3, -0.25) is 4.90 Å². The molecular formula is C16H21NO4. The second-order valence-electron chi connectivity index (χ2n) is 5.34. The second-order valence-corrected chi connectivity index (χ2v) is 5.34. The lowest BCUT2D eigenvalue weighted by Gasteiger charge is -2.40. The van der Waals surface area contributed by atoms with Crippen LogP contribution in [0.15, 0.2) is 24.3 Å². The standard InChI is InChI=1S/C16H21NO4/c1-2-19-16(18)14-15(17-10-6-3-7-11-17)21-13-9-5-4-8-12(13)20-14/h4-5,8-9,14-15H,2-3,6-7,10-11H2,1H3. The first kappa shape index (κ1) is 14.2. The van der Waals surface area contributed by atoms with Crippen LogP contribution in [0.5, 0.6) is 11.5 Å². The molecule has 0 saturated carbocycles. The van der Waals surface area contributed by atoms with Gasteiger partial charge in [-0.25, -0.2) is 4.79 Å². The fourth-order valence-corrected chi connectivity index (χ4v) is 2.86. The van der Waals surface area contributed by atoms with Gasteiger partial charge in [0.15, 0.2) is 11.5 Å². The molecule has 1 saturated heterocycles. The molecule has 2 aliphatic rings. The topological polar surface area (TPSA) is 48.0 Å². The smallest absolute Gasteiger partial charge is 0.352 e. The molecule has 0 radical (unpaired) electrons. The average molecular weight is 291 g/mol. The lowest BCUT2D eigenvalue weighted by atomic mass is 10.1. The van der Waals surface area contributed by atoms with Crippen molar-refractivity contribution in [2.24, 2.45) is 0 Å². The maximum atomic E-state index is 12.2. The van der Waals surface area contributed by atoms with Gasteiger partial charge in [0, 0.05) is 13.1 Å². The summed E-state index contributed by atoms with van der Waals surface area (Å²) in [4.78, 5) is 14.4. The first-order valence-corrected chi connectivity index (χ1v) is 7.62. The van der Waals surface area contributed by atoms with Crippen molar-refractivity contribution in [1.82, 2.24) is 4.90 Å². The van der Waals surface area contributed by atoms with E-state index in [1.54, 1.807) is 6.92 Å². The van der Waals surface area contributed by atoms with E-state index in [9.17, 15) is 4.79 Å². The minimum absolute atomic E-state index is 0.340. The highest BCUT2D eigenvalue weighted by molar-refractivity contribution is 5.76. The van der Waals surface area contributed by atoms with Gasteiger partial charge in [-0.1, -0.05) is 18.6 Å². The van der Waals surface area contributed by atoms with Crippen LogP contribution in [0.2, 0.25) is 0 Å². The molecule has 0 amide bonds. The van der Waals surface area contributed by atoms with E-state index in [4.69, 9.17) is 14.2 Å². The maximum Gasteiger partial charge on any atom is 0.352 e. The summed E-state index contributed by atoms with van der Waals surface area (Å²) in [7, 11) is 0. The maximum absolute atomic E-state index is 12.2. The van der Waals surface area contributed by atoms with Crippen molar-refractivity contribution in [3.05, 3.63) is 24.3 Å². The molecule has 1 fully saturated rings. The molecule has 114 valence electrons. The van der Waals surface area contributed by atoms with Crippen LogP contribution >= 0.6 is 0 Å². The summed E-state index contributed by atoms with van der Waals surface area (Å²) in [5.74, 6) is 0.931. The molecule has 5 heteroatoms. The Morgan fingerprint density at radius 1 is 1.19 bits per heavy atom. The first-order chi connectivity index (χ1) is 10.3. The first-order valence-electron chi connectivity index (χ1n) is 7.62. The summed E-state index contributed by atoms with van der Waals surface area (Å²) in [5, 5.41) is 0. The molecule has 1 aromatic rings. The monoisotopic (exact) mass is 291 g/mol. The second kappa shape index (κ2) is 6.35. The van der Waals surface area contributed by atoms with E-state index in [2.05, 4.69) is 4.90 Å². The minimum atomic E-state index is -0.724. The number of rotatable bonds is 3. The number of esters is 1. The third-order valence-electron chi connectivity index (χ3n) is 3.88. The molecule has 5 nitrogen and oxygen atoms in total. The van der Waals surface area contributed by atoms with Gasteiger partial charge in [0.1, 0.15) is 0 Å². The molecule has 0 bridgehead atoms. The van der Waals surface area contributed by atoms with Crippen molar-refractivity contribution < 1.29 is 19.0 Å². The molecule has 0 aliphatic carbocycles.